The number of rotatable bonds is 3. The molecule has 16 heavy (non-hydrogen) atoms. The third kappa shape index (κ3) is 2.43. The molecule has 0 bridgehead atoms. The largest absolute Gasteiger partial charge is 0.392 e. The molecule has 0 saturated heterocycles. The van der Waals surface area contributed by atoms with E-state index < -0.39 is 0 Å². The minimum Gasteiger partial charge on any atom is -0.392 e. The number of hydrogen-bond donors (Lipinski definition) is 2. The molecule has 0 amide bonds. The van der Waals surface area contributed by atoms with E-state index in [4.69, 9.17) is 0 Å². The van der Waals surface area contributed by atoms with Crippen LogP contribution in [0.4, 0.5) is 0 Å². The Labute approximate surface area is 98.8 Å². The van der Waals surface area contributed by atoms with Crippen LogP contribution in [0, 0.1) is 11.8 Å². The molecule has 2 N–H and O–H groups in total. The lowest BCUT2D eigenvalue weighted by Gasteiger charge is -2.32. The lowest BCUT2D eigenvalue weighted by atomic mass is 9.82. The zero-order valence-corrected chi connectivity index (χ0v) is 10.2. The SMILES string of the molecule is OC1CCCC1NC1CCCC(C2CC2)C1. The van der Waals surface area contributed by atoms with E-state index in [-0.39, 0.29) is 6.10 Å². The van der Waals surface area contributed by atoms with Crippen LogP contribution in [0.25, 0.3) is 0 Å². The van der Waals surface area contributed by atoms with Crippen LogP contribution in [-0.4, -0.2) is 23.3 Å². The van der Waals surface area contributed by atoms with Gasteiger partial charge in [-0.15, -0.1) is 0 Å². The Morgan fingerprint density at radius 3 is 2.31 bits per heavy atom. The average Bonchev–Trinajstić information content (AvgIpc) is 3.06. The van der Waals surface area contributed by atoms with Gasteiger partial charge in [0.25, 0.3) is 0 Å². The van der Waals surface area contributed by atoms with Crippen LogP contribution >= 0.6 is 0 Å². The van der Waals surface area contributed by atoms with Gasteiger partial charge in [0.2, 0.25) is 0 Å². The number of hydrogen-bond acceptors (Lipinski definition) is 2. The molecule has 92 valence electrons. The van der Waals surface area contributed by atoms with Gasteiger partial charge in [-0.3, -0.25) is 0 Å². The Hall–Kier alpha value is -0.0800. The average molecular weight is 223 g/mol. The number of aliphatic hydroxyl groups is 1. The first-order valence-electron chi connectivity index (χ1n) is 7.27. The molecule has 3 aliphatic rings. The van der Waals surface area contributed by atoms with Crippen LogP contribution in [-0.2, 0) is 0 Å². The zero-order chi connectivity index (χ0) is 11.0. The van der Waals surface area contributed by atoms with Crippen LogP contribution < -0.4 is 5.32 Å². The molecule has 0 aromatic rings. The van der Waals surface area contributed by atoms with Gasteiger partial charge in [0.15, 0.2) is 0 Å². The summed E-state index contributed by atoms with van der Waals surface area (Å²) < 4.78 is 0. The van der Waals surface area contributed by atoms with Crippen molar-refractivity contribution in [3.8, 4) is 0 Å². The maximum absolute atomic E-state index is 9.84. The van der Waals surface area contributed by atoms with Gasteiger partial charge < -0.3 is 10.4 Å². The van der Waals surface area contributed by atoms with Crippen molar-refractivity contribution in [2.45, 2.75) is 76.0 Å². The van der Waals surface area contributed by atoms with Gasteiger partial charge in [0.05, 0.1) is 6.10 Å². The smallest absolute Gasteiger partial charge is 0.0693 e. The molecular formula is C14H25NO. The van der Waals surface area contributed by atoms with Crippen molar-refractivity contribution in [2.24, 2.45) is 11.8 Å². The Morgan fingerprint density at radius 1 is 0.812 bits per heavy atom. The summed E-state index contributed by atoms with van der Waals surface area (Å²) in [6, 6.07) is 1.11. The molecule has 4 unspecified atom stereocenters. The molecule has 3 rings (SSSR count). The van der Waals surface area contributed by atoms with Crippen molar-refractivity contribution < 1.29 is 5.11 Å². The summed E-state index contributed by atoms with van der Waals surface area (Å²) >= 11 is 0. The summed E-state index contributed by atoms with van der Waals surface area (Å²) in [5, 5.41) is 13.6. The lowest BCUT2D eigenvalue weighted by molar-refractivity contribution is 0.132. The molecular weight excluding hydrogens is 198 g/mol. The number of aliphatic hydroxyl groups excluding tert-OH is 1. The molecule has 2 heteroatoms. The van der Waals surface area contributed by atoms with E-state index in [1.165, 1.54) is 51.4 Å². The van der Waals surface area contributed by atoms with Gasteiger partial charge in [-0.05, 0) is 56.8 Å². The van der Waals surface area contributed by atoms with Gasteiger partial charge in [-0.1, -0.05) is 12.8 Å². The Kier molecular flexibility index (Phi) is 3.21. The van der Waals surface area contributed by atoms with Crippen LogP contribution in [0.1, 0.15) is 57.8 Å². The third-order valence-electron chi connectivity index (χ3n) is 4.93. The Morgan fingerprint density at radius 2 is 1.62 bits per heavy atom. The highest BCUT2D eigenvalue weighted by molar-refractivity contribution is 4.91. The van der Waals surface area contributed by atoms with E-state index in [9.17, 15) is 5.11 Å². The first-order valence-corrected chi connectivity index (χ1v) is 7.27. The summed E-state index contributed by atoms with van der Waals surface area (Å²) in [6.07, 6.45) is 11.9. The van der Waals surface area contributed by atoms with Gasteiger partial charge in [0.1, 0.15) is 0 Å². The highest BCUT2D eigenvalue weighted by Crippen LogP contribution is 2.44. The van der Waals surface area contributed by atoms with Crippen molar-refractivity contribution in [1.82, 2.24) is 5.32 Å². The topological polar surface area (TPSA) is 32.3 Å². The second kappa shape index (κ2) is 4.66. The molecule has 0 heterocycles. The minimum atomic E-state index is -0.0682. The first kappa shape index (κ1) is 11.0. The standard InChI is InChI=1S/C14H25NO/c16-14-6-2-5-13(14)15-12-4-1-3-11(9-12)10-7-8-10/h10-16H,1-9H2. The van der Waals surface area contributed by atoms with Crippen molar-refractivity contribution >= 4 is 0 Å². The predicted octanol–water partition coefficient (Wildman–Crippen LogP) is 2.46. The summed E-state index contributed by atoms with van der Waals surface area (Å²) in [7, 11) is 0. The second-order valence-electron chi connectivity index (χ2n) is 6.23. The monoisotopic (exact) mass is 223 g/mol. The fraction of sp³-hybridized carbons (Fsp3) is 1.00. The summed E-state index contributed by atoms with van der Waals surface area (Å²) in [5.41, 5.74) is 0. The molecule has 0 aromatic carbocycles. The van der Waals surface area contributed by atoms with Gasteiger partial charge in [0, 0.05) is 12.1 Å². The highest BCUT2D eigenvalue weighted by atomic mass is 16.3. The van der Waals surface area contributed by atoms with Crippen molar-refractivity contribution in [3.05, 3.63) is 0 Å². The molecule has 4 atom stereocenters. The second-order valence-corrected chi connectivity index (χ2v) is 6.23. The summed E-state index contributed by atoms with van der Waals surface area (Å²) in [6.45, 7) is 0. The van der Waals surface area contributed by atoms with Gasteiger partial charge >= 0.3 is 0 Å². The normalized spacial score (nSPS) is 44.8. The van der Waals surface area contributed by atoms with E-state index in [1.54, 1.807) is 0 Å². The van der Waals surface area contributed by atoms with Crippen molar-refractivity contribution in [1.29, 1.82) is 0 Å². The molecule has 3 fully saturated rings. The van der Waals surface area contributed by atoms with Crippen LogP contribution in [0.15, 0.2) is 0 Å². The van der Waals surface area contributed by atoms with E-state index in [0.29, 0.717) is 12.1 Å². The molecule has 0 radical (unpaired) electrons. The molecule has 3 saturated carbocycles. The predicted molar refractivity (Wildman–Crippen MR) is 65.3 cm³/mol. The van der Waals surface area contributed by atoms with Crippen molar-refractivity contribution in [2.75, 3.05) is 0 Å². The van der Waals surface area contributed by atoms with E-state index >= 15 is 0 Å². The van der Waals surface area contributed by atoms with E-state index in [1.807, 2.05) is 0 Å². The van der Waals surface area contributed by atoms with E-state index in [2.05, 4.69) is 5.32 Å². The lowest BCUT2D eigenvalue weighted by Crippen LogP contribution is -2.44. The van der Waals surface area contributed by atoms with Gasteiger partial charge in [-0.2, -0.15) is 0 Å². The summed E-state index contributed by atoms with van der Waals surface area (Å²) in [4.78, 5) is 0. The quantitative estimate of drug-likeness (QED) is 0.770. The van der Waals surface area contributed by atoms with Crippen molar-refractivity contribution in [3.63, 3.8) is 0 Å². The minimum absolute atomic E-state index is 0.0682. The zero-order valence-electron chi connectivity index (χ0n) is 10.2. The highest BCUT2D eigenvalue weighted by Gasteiger charge is 2.36. The molecule has 0 aliphatic heterocycles. The Bertz CT molecular complexity index is 239. The van der Waals surface area contributed by atoms with Crippen LogP contribution in [0.2, 0.25) is 0 Å². The molecule has 0 aromatic heterocycles. The molecule has 2 nitrogen and oxygen atoms in total. The summed E-state index contributed by atoms with van der Waals surface area (Å²) in [5.74, 6) is 2.07. The van der Waals surface area contributed by atoms with E-state index in [0.717, 1.165) is 18.3 Å². The fourth-order valence-electron chi connectivity index (χ4n) is 3.81. The number of nitrogens with one attached hydrogen (secondary N) is 1. The van der Waals surface area contributed by atoms with Crippen LogP contribution in [0.3, 0.4) is 0 Å². The maximum Gasteiger partial charge on any atom is 0.0693 e. The molecule has 3 aliphatic carbocycles. The third-order valence-corrected chi connectivity index (χ3v) is 4.93. The molecule has 0 spiro atoms. The Balaban J connectivity index is 1.50. The van der Waals surface area contributed by atoms with Crippen LogP contribution in [0.5, 0.6) is 0 Å². The fourth-order valence-corrected chi connectivity index (χ4v) is 3.81. The van der Waals surface area contributed by atoms with Gasteiger partial charge in [-0.25, -0.2) is 0 Å². The maximum atomic E-state index is 9.84. The first-order chi connectivity index (χ1) is 7.83.